The van der Waals surface area contributed by atoms with Crippen LogP contribution in [-0.4, -0.2) is 53.1 Å². The summed E-state index contributed by atoms with van der Waals surface area (Å²) in [4.78, 5) is 36.5. The monoisotopic (exact) mass is 466 g/mol. The topological polar surface area (TPSA) is 119 Å². The van der Waals surface area contributed by atoms with Gasteiger partial charge in [-0.1, -0.05) is 12.8 Å². The van der Waals surface area contributed by atoms with Gasteiger partial charge in [0.15, 0.2) is 0 Å². The van der Waals surface area contributed by atoms with Crippen molar-refractivity contribution in [3.05, 3.63) is 36.0 Å². The first-order valence-electron chi connectivity index (χ1n) is 12.3. The van der Waals surface area contributed by atoms with Crippen LogP contribution >= 0.6 is 0 Å². The van der Waals surface area contributed by atoms with Crippen molar-refractivity contribution in [2.45, 2.75) is 51.4 Å². The Kier molecular flexibility index (Phi) is 8.30. The molecule has 34 heavy (non-hydrogen) atoms. The third-order valence-corrected chi connectivity index (χ3v) is 6.42. The zero-order valence-electron chi connectivity index (χ0n) is 19.6. The Balaban J connectivity index is 1.64. The molecule has 3 heterocycles. The van der Waals surface area contributed by atoms with Gasteiger partial charge in [-0.25, -0.2) is 4.98 Å². The fourth-order valence-electron chi connectivity index (χ4n) is 4.68. The predicted molar refractivity (Wildman–Crippen MR) is 133 cm³/mol. The molecule has 1 atom stereocenters. The Morgan fingerprint density at radius 1 is 1.18 bits per heavy atom. The average Bonchev–Trinajstić information content (AvgIpc) is 2.84. The van der Waals surface area contributed by atoms with Crippen LogP contribution in [0.4, 0.5) is 23.1 Å². The molecule has 4 N–H and O–H groups in total. The van der Waals surface area contributed by atoms with Crippen LogP contribution in [-0.2, 0) is 4.79 Å². The lowest BCUT2D eigenvalue weighted by molar-refractivity contribution is -0.116. The van der Waals surface area contributed by atoms with Gasteiger partial charge < -0.3 is 26.0 Å². The summed E-state index contributed by atoms with van der Waals surface area (Å²) in [5.74, 6) is 1.14. The number of nitrogens with zero attached hydrogens (tertiary/aromatic N) is 3. The summed E-state index contributed by atoms with van der Waals surface area (Å²) in [6.07, 6.45) is 9.14. The second-order valence-electron chi connectivity index (χ2n) is 9.06. The number of carbonyl (C=O) groups excluding carboxylic acids is 2. The smallest absolute Gasteiger partial charge is 0.258 e. The van der Waals surface area contributed by atoms with Crippen molar-refractivity contribution in [1.29, 1.82) is 0 Å². The summed E-state index contributed by atoms with van der Waals surface area (Å²) in [5, 5.41) is 18.1. The maximum absolute atomic E-state index is 13.3. The van der Waals surface area contributed by atoms with E-state index in [1.807, 2.05) is 6.07 Å². The molecule has 1 fully saturated rings. The Morgan fingerprint density at radius 3 is 2.94 bits per heavy atom. The van der Waals surface area contributed by atoms with E-state index >= 15 is 0 Å². The number of amides is 2. The maximum Gasteiger partial charge on any atom is 0.258 e. The van der Waals surface area contributed by atoms with Crippen LogP contribution in [0.3, 0.4) is 0 Å². The van der Waals surface area contributed by atoms with Crippen molar-refractivity contribution in [2.24, 2.45) is 5.92 Å². The van der Waals surface area contributed by atoms with Gasteiger partial charge in [0.1, 0.15) is 5.82 Å². The minimum atomic E-state index is -0.243. The van der Waals surface area contributed by atoms with E-state index in [4.69, 9.17) is 5.11 Å². The molecule has 1 saturated heterocycles. The number of piperidine rings is 1. The SMILES string of the molecule is O=C(CCCO)Nc1ccc2c(c1)N1CCC[C@H](CCCCCNc3nccc(n3)NC2=O)C1. The lowest BCUT2D eigenvalue weighted by Gasteiger charge is -2.36. The number of hydrogen-bond donors (Lipinski definition) is 4. The Bertz CT molecular complexity index is 998. The lowest BCUT2D eigenvalue weighted by Crippen LogP contribution is -2.36. The largest absolute Gasteiger partial charge is 0.396 e. The molecular weight excluding hydrogens is 432 g/mol. The number of rotatable bonds is 4. The second kappa shape index (κ2) is 11.8. The van der Waals surface area contributed by atoms with Crippen LogP contribution in [0.2, 0.25) is 0 Å². The van der Waals surface area contributed by atoms with Crippen molar-refractivity contribution >= 4 is 35.0 Å². The van der Waals surface area contributed by atoms with Gasteiger partial charge in [-0.15, -0.1) is 0 Å². The fraction of sp³-hybridized carbons (Fsp3) is 0.520. The summed E-state index contributed by atoms with van der Waals surface area (Å²) >= 11 is 0. The van der Waals surface area contributed by atoms with E-state index < -0.39 is 0 Å². The molecule has 1 aromatic heterocycles. The first-order chi connectivity index (χ1) is 16.6. The first-order valence-corrected chi connectivity index (χ1v) is 12.3. The number of carbonyl (C=O) groups is 2. The van der Waals surface area contributed by atoms with Gasteiger partial charge in [-0.3, -0.25) is 9.59 Å². The first kappa shape index (κ1) is 23.9. The van der Waals surface area contributed by atoms with Crippen molar-refractivity contribution in [3.8, 4) is 0 Å². The number of benzene rings is 1. The predicted octanol–water partition coefficient (Wildman–Crippen LogP) is 3.64. The standard InChI is InChI=1S/C25H34N6O3/c32-15-5-8-23(33)28-19-9-10-20-21(16-19)31-14-4-7-18(17-31)6-2-1-3-12-26-25-27-13-11-22(30-25)29-24(20)34/h9-11,13,16,18,32H,1-8,12,14-15,17H2,(H,28,33)(H2,26,27,29,30,34)/t18-/m0/s1. The highest BCUT2D eigenvalue weighted by Gasteiger charge is 2.24. The highest BCUT2D eigenvalue weighted by Crippen LogP contribution is 2.32. The van der Waals surface area contributed by atoms with Gasteiger partial charge >= 0.3 is 0 Å². The van der Waals surface area contributed by atoms with Crippen LogP contribution in [0, 0.1) is 5.92 Å². The van der Waals surface area contributed by atoms with Crippen LogP contribution in [0.15, 0.2) is 30.5 Å². The number of aliphatic hydroxyl groups excluding tert-OH is 1. The maximum atomic E-state index is 13.3. The number of nitrogens with one attached hydrogen (secondary N) is 3. The highest BCUT2D eigenvalue weighted by molar-refractivity contribution is 6.08. The molecule has 0 unspecified atom stereocenters. The van der Waals surface area contributed by atoms with Crippen LogP contribution in [0.1, 0.15) is 61.7 Å². The van der Waals surface area contributed by atoms with Crippen LogP contribution < -0.4 is 20.9 Å². The number of aliphatic hydroxyl groups is 1. The van der Waals surface area contributed by atoms with Gasteiger partial charge in [-0.05, 0) is 62.3 Å². The molecule has 182 valence electrons. The van der Waals surface area contributed by atoms with Gasteiger partial charge in [-0.2, -0.15) is 4.98 Å². The van der Waals surface area contributed by atoms with E-state index in [2.05, 4.69) is 30.8 Å². The van der Waals surface area contributed by atoms with Crippen molar-refractivity contribution in [1.82, 2.24) is 9.97 Å². The van der Waals surface area contributed by atoms with Gasteiger partial charge in [0.2, 0.25) is 11.9 Å². The minimum absolute atomic E-state index is 0.0206. The molecule has 2 aliphatic heterocycles. The molecule has 0 aliphatic carbocycles. The van der Waals surface area contributed by atoms with Gasteiger partial charge in [0.05, 0.1) is 11.3 Å². The van der Waals surface area contributed by atoms with Crippen LogP contribution in [0.5, 0.6) is 0 Å². The summed E-state index contributed by atoms with van der Waals surface area (Å²) in [5.41, 5.74) is 2.02. The molecule has 9 heteroatoms. The summed E-state index contributed by atoms with van der Waals surface area (Å²) < 4.78 is 0. The summed E-state index contributed by atoms with van der Waals surface area (Å²) in [6, 6.07) is 7.09. The fourth-order valence-corrected chi connectivity index (χ4v) is 4.68. The molecule has 2 amide bonds. The van der Waals surface area contributed by atoms with E-state index in [-0.39, 0.29) is 24.8 Å². The Hall–Kier alpha value is -3.20. The third kappa shape index (κ3) is 6.44. The van der Waals surface area contributed by atoms with Gasteiger partial charge in [0.25, 0.3) is 5.91 Å². The molecule has 2 aliphatic rings. The zero-order chi connectivity index (χ0) is 23.8. The highest BCUT2D eigenvalue weighted by atomic mass is 16.3. The minimum Gasteiger partial charge on any atom is -0.396 e. The van der Waals surface area contributed by atoms with E-state index in [0.29, 0.717) is 35.4 Å². The number of anilines is 4. The molecule has 1 aromatic carbocycles. The lowest BCUT2D eigenvalue weighted by atomic mass is 9.91. The number of aromatic nitrogens is 2. The Morgan fingerprint density at radius 2 is 2.06 bits per heavy atom. The van der Waals surface area contributed by atoms with Crippen molar-refractivity contribution in [2.75, 3.05) is 47.1 Å². The van der Waals surface area contributed by atoms with Gasteiger partial charge in [0, 0.05) is 44.5 Å². The van der Waals surface area contributed by atoms with Crippen LogP contribution in [0.25, 0.3) is 0 Å². The zero-order valence-corrected chi connectivity index (χ0v) is 19.6. The van der Waals surface area contributed by atoms with E-state index in [0.717, 1.165) is 44.6 Å². The summed E-state index contributed by atoms with van der Waals surface area (Å²) in [6.45, 7) is 2.56. The van der Waals surface area contributed by atoms with Crippen molar-refractivity contribution in [3.63, 3.8) is 0 Å². The average molecular weight is 467 g/mol. The Labute approximate surface area is 200 Å². The second-order valence-corrected chi connectivity index (χ2v) is 9.06. The third-order valence-electron chi connectivity index (χ3n) is 6.42. The number of fused-ring (bicyclic) bond motifs is 6. The quantitative estimate of drug-likeness (QED) is 0.543. The van der Waals surface area contributed by atoms with E-state index in [1.165, 1.54) is 19.3 Å². The molecule has 4 bridgehead atoms. The molecule has 0 spiro atoms. The molecule has 0 saturated carbocycles. The normalized spacial score (nSPS) is 18.9. The van der Waals surface area contributed by atoms with E-state index in [1.54, 1.807) is 24.4 Å². The molecule has 9 nitrogen and oxygen atoms in total. The summed E-state index contributed by atoms with van der Waals surface area (Å²) in [7, 11) is 0. The van der Waals surface area contributed by atoms with E-state index in [9.17, 15) is 9.59 Å². The van der Waals surface area contributed by atoms with Crippen molar-refractivity contribution < 1.29 is 14.7 Å². The molecule has 2 aromatic rings. The molecule has 0 radical (unpaired) electrons. The molecular formula is C25H34N6O3. The molecule has 4 rings (SSSR count). The number of hydrogen-bond acceptors (Lipinski definition) is 7.